The van der Waals surface area contributed by atoms with Gasteiger partial charge in [0.15, 0.2) is 6.10 Å². The number of H-pyrrole nitrogens is 1. The van der Waals surface area contributed by atoms with E-state index in [4.69, 9.17) is 4.74 Å². The van der Waals surface area contributed by atoms with Crippen LogP contribution < -0.4 is 9.64 Å². The van der Waals surface area contributed by atoms with Crippen molar-refractivity contribution in [3.63, 3.8) is 0 Å². The number of imidazole rings is 1. The summed E-state index contributed by atoms with van der Waals surface area (Å²) in [6.07, 6.45) is -3.34. The topological polar surface area (TPSA) is 78.5 Å². The Bertz CT molecular complexity index is 1050. The largest absolute Gasteiger partial charge is 0.493 e. The number of fused-ring (bicyclic) bond motifs is 1. The van der Waals surface area contributed by atoms with Gasteiger partial charge in [-0.2, -0.15) is 0 Å². The molecule has 10 heteroatoms. The van der Waals surface area contributed by atoms with E-state index in [0.717, 1.165) is 17.0 Å². The number of benzene rings is 2. The Morgan fingerprint density at radius 3 is 2.62 bits per heavy atom. The van der Waals surface area contributed by atoms with E-state index < -0.39 is 54.7 Å². The molecule has 2 N–H and O–H groups in total. The molecule has 1 aliphatic heterocycles. The highest BCUT2D eigenvalue weighted by atomic mass is 19.3. The first kappa shape index (κ1) is 19.2. The zero-order chi connectivity index (χ0) is 20.7. The molecule has 2 unspecified atom stereocenters. The number of carbonyl (C=O) groups is 1. The Balaban J connectivity index is 1.64. The molecule has 0 saturated carbocycles. The standard InChI is InChI=1S/C19H15F4N3O3/c20-11-6-10(29-4-3-15(22)23)7-12(21)16(11)17-18(27)19(28)26(17)9-1-2-13-14(5-9)25-8-24-13/h1-2,5-8,15,17-18,27H,3-4H2,(H,24,25). The van der Waals surface area contributed by atoms with Crippen LogP contribution in [0.15, 0.2) is 36.7 Å². The molecule has 2 aromatic carbocycles. The number of anilines is 1. The van der Waals surface area contributed by atoms with Crippen molar-refractivity contribution in [3.05, 3.63) is 53.9 Å². The van der Waals surface area contributed by atoms with Gasteiger partial charge < -0.3 is 14.8 Å². The lowest BCUT2D eigenvalue weighted by molar-refractivity contribution is -0.137. The Morgan fingerprint density at radius 2 is 1.93 bits per heavy atom. The minimum Gasteiger partial charge on any atom is -0.493 e. The monoisotopic (exact) mass is 409 g/mol. The second-order valence-electron chi connectivity index (χ2n) is 6.53. The third-order valence-corrected chi connectivity index (χ3v) is 4.70. The number of aliphatic hydroxyl groups excluding tert-OH is 1. The van der Waals surface area contributed by atoms with Gasteiger partial charge in [-0.25, -0.2) is 22.5 Å². The lowest BCUT2D eigenvalue weighted by Crippen LogP contribution is -2.59. The number of nitrogens with one attached hydrogen (secondary N) is 1. The fraction of sp³-hybridized carbons (Fsp3) is 0.263. The predicted molar refractivity (Wildman–Crippen MR) is 94.8 cm³/mol. The molecule has 1 amide bonds. The van der Waals surface area contributed by atoms with E-state index in [1.165, 1.54) is 6.33 Å². The van der Waals surface area contributed by atoms with Crippen LogP contribution in [0.1, 0.15) is 18.0 Å². The molecule has 3 aromatic rings. The molecule has 1 saturated heterocycles. The highest BCUT2D eigenvalue weighted by Gasteiger charge is 2.50. The molecule has 29 heavy (non-hydrogen) atoms. The minimum absolute atomic E-state index is 0.256. The van der Waals surface area contributed by atoms with Gasteiger partial charge >= 0.3 is 0 Å². The van der Waals surface area contributed by atoms with Gasteiger partial charge in [-0.3, -0.25) is 9.69 Å². The van der Waals surface area contributed by atoms with Crippen LogP contribution in [0.4, 0.5) is 23.2 Å². The lowest BCUT2D eigenvalue weighted by Gasteiger charge is -2.44. The lowest BCUT2D eigenvalue weighted by atomic mass is 9.89. The number of rotatable bonds is 6. The van der Waals surface area contributed by atoms with E-state index >= 15 is 0 Å². The number of aromatic amines is 1. The number of hydrogen-bond acceptors (Lipinski definition) is 4. The number of β-lactam (4-membered cyclic amide) rings is 1. The molecule has 1 aliphatic rings. The van der Waals surface area contributed by atoms with Crippen molar-refractivity contribution in [2.24, 2.45) is 0 Å². The molecule has 1 aromatic heterocycles. The predicted octanol–water partition coefficient (Wildman–Crippen LogP) is 3.32. The number of alkyl halides is 2. The van der Waals surface area contributed by atoms with Crippen molar-refractivity contribution in [2.45, 2.75) is 25.0 Å². The number of aromatic nitrogens is 2. The van der Waals surface area contributed by atoms with Gasteiger partial charge in [-0.15, -0.1) is 0 Å². The molecular formula is C19H15F4N3O3. The van der Waals surface area contributed by atoms with Gasteiger partial charge in [0.1, 0.15) is 23.4 Å². The zero-order valence-electron chi connectivity index (χ0n) is 14.8. The summed E-state index contributed by atoms with van der Waals surface area (Å²) in [5.41, 5.74) is 1.06. The van der Waals surface area contributed by atoms with Crippen LogP contribution in [0.25, 0.3) is 11.0 Å². The van der Waals surface area contributed by atoms with E-state index in [-0.39, 0.29) is 5.75 Å². The number of nitrogens with zero attached hydrogens (tertiary/aromatic N) is 2. The maximum atomic E-state index is 14.6. The van der Waals surface area contributed by atoms with Crippen molar-refractivity contribution >= 4 is 22.6 Å². The SMILES string of the molecule is O=C1C(O)C(c2c(F)cc(OCCC(F)F)cc2F)N1c1ccc2[nH]cnc2c1. The van der Waals surface area contributed by atoms with Gasteiger partial charge in [0, 0.05) is 29.8 Å². The fourth-order valence-corrected chi connectivity index (χ4v) is 3.31. The van der Waals surface area contributed by atoms with Gasteiger partial charge in [0.25, 0.3) is 5.91 Å². The summed E-state index contributed by atoms with van der Waals surface area (Å²) in [6, 6.07) is 5.17. The molecule has 0 bridgehead atoms. The van der Waals surface area contributed by atoms with Crippen LogP contribution in [0.5, 0.6) is 5.75 Å². The number of amides is 1. The van der Waals surface area contributed by atoms with Crippen molar-refractivity contribution < 1.29 is 32.2 Å². The van der Waals surface area contributed by atoms with E-state index in [1.54, 1.807) is 18.2 Å². The van der Waals surface area contributed by atoms with Gasteiger partial charge in [0.2, 0.25) is 6.43 Å². The summed E-state index contributed by atoms with van der Waals surface area (Å²) in [4.78, 5) is 20.3. The smallest absolute Gasteiger partial charge is 0.259 e. The minimum atomic E-state index is -2.60. The summed E-state index contributed by atoms with van der Waals surface area (Å²) in [5.74, 6) is -3.08. The van der Waals surface area contributed by atoms with Crippen LogP contribution in [-0.4, -0.2) is 40.1 Å². The highest BCUT2D eigenvalue weighted by molar-refractivity contribution is 6.05. The Hall–Kier alpha value is -3.14. The second kappa shape index (κ2) is 7.36. The number of halogens is 4. The number of ether oxygens (including phenoxy) is 1. The molecule has 1 fully saturated rings. The van der Waals surface area contributed by atoms with Crippen molar-refractivity contribution in [1.82, 2.24) is 9.97 Å². The normalized spacial score (nSPS) is 19.1. The molecular weight excluding hydrogens is 394 g/mol. The van der Waals surface area contributed by atoms with Crippen LogP contribution in [0.2, 0.25) is 0 Å². The summed E-state index contributed by atoms with van der Waals surface area (Å²) in [7, 11) is 0. The van der Waals surface area contributed by atoms with E-state index in [1.807, 2.05) is 0 Å². The maximum Gasteiger partial charge on any atom is 0.259 e. The van der Waals surface area contributed by atoms with Crippen LogP contribution >= 0.6 is 0 Å². The molecule has 0 aliphatic carbocycles. The third kappa shape index (κ3) is 3.39. The summed E-state index contributed by atoms with van der Waals surface area (Å²) in [5, 5.41) is 10.1. The van der Waals surface area contributed by atoms with Crippen LogP contribution in [0, 0.1) is 11.6 Å². The van der Waals surface area contributed by atoms with Crippen molar-refractivity contribution in [3.8, 4) is 5.75 Å². The molecule has 6 nitrogen and oxygen atoms in total. The number of aliphatic hydroxyl groups is 1. The van der Waals surface area contributed by atoms with Gasteiger partial charge in [-0.05, 0) is 18.2 Å². The molecule has 2 heterocycles. The maximum absolute atomic E-state index is 14.6. The van der Waals surface area contributed by atoms with Crippen LogP contribution in [0.3, 0.4) is 0 Å². The molecule has 4 rings (SSSR count). The van der Waals surface area contributed by atoms with Crippen molar-refractivity contribution in [1.29, 1.82) is 0 Å². The quantitative estimate of drug-likeness (QED) is 0.484. The van der Waals surface area contributed by atoms with E-state index in [9.17, 15) is 27.5 Å². The molecule has 152 valence electrons. The third-order valence-electron chi connectivity index (χ3n) is 4.70. The summed E-state index contributed by atoms with van der Waals surface area (Å²) in [6.45, 7) is -0.407. The van der Waals surface area contributed by atoms with Gasteiger partial charge in [0.05, 0.1) is 24.0 Å². The highest BCUT2D eigenvalue weighted by Crippen LogP contribution is 2.42. The summed E-state index contributed by atoms with van der Waals surface area (Å²) >= 11 is 0. The first-order valence-corrected chi connectivity index (χ1v) is 8.71. The first-order valence-electron chi connectivity index (χ1n) is 8.71. The van der Waals surface area contributed by atoms with E-state index in [0.29, 0.717) is 16.7 Å². The number of carbonyl (C=O) groups excluding carboxylic acids is 1. The Labute approximate surface area is 161 Å². The molecule has 2 atom stereocenters. The molecule has 0 spiro atoms. The molecule has 0 radical (unpaired) electrons. The zero-order valence-corrected chi connectivity index (χ0v) is 14.8. The Kier molecular flexibility index (Phi) is 4.87. The fourth-order valence-electron chi connectivity index (χ4n) is 3.31. The Morgan fingerprint density at radius 1 is 1.21 bits per heavy atom. The van der Waals surface area contributed by atoms with Crippen molar-refractivity contribution in [2.75, 3.05) is 11.5 Å². The van der Waals surface area contributed by atoms with Gasteiger partial charge in [-0.1, -0.05) is 0 Å². The van der Waals surface area contributed by atoms with E-state index in [2.05, 4.69) is 9.97 Å². The van der Waals surface area contributed by atoms with Crippen LogP contribution in [-0.2, 0) is 4.79 Å². The average Bonchev–Trinajstić information content (AvgIpc) is 3.14. The number of hydrogen-bond donors (Lipinski definition) is 2. The summed E-state index contributed by atoms with van der Waals surface area (Å²) < 4.78 is 58.6. The second-order valence-corrected chi connectivity index (χ2v) is 6.53. The first-order chi connectivity index (χ1) is 13.9. The average molecular weight is 409 g/mol.